The monoisotopic (exact) mass is 397 g/mol. The third-order valence-corrected chi connectivity index (χ3v) is 3.85. The molecule has 148 valence electrons. The van der Waals surface area contributed by atoms with E-state index in [9.17, 15) is 18.4 Å². The summed E-state index contributed by atoms with van der Waals surface area (Å²) in [5.74, 6) is -2.83. The lowest BCUT2D eigenvalue weighted by molar-refractivity contribution is 0.0526. The Kier molecular flexibility index (Phi) is 6.13. The van der Waals surface area contributed by atoms with Crippen LogP contribution in [-0.2, 0) is 4.74 Å². The Balaban J connectivity index is 1.69. The summed E-state index contributed by atoms with van der Waals surface area (Å²) < 4.78 is 31.3. The molecule has 0 bridgehead atoms. The predicted molar refractivity (Wildman–Crippen MR) is 104 cm³/mol. The number of nitrogens with one attached hydrogen (secondary N) is 2. The number of aromatic nitrogens is 1. The molecule has 6 nitrogen and oxygen atoms in total. The Bertz CT molecular complexity index is 1040. The number of anilines is 3. The van der Waals surface area contributed by atoms with Crippen LogP contribution in [-0.4, -0.2) is 23.5 Å². The minimum Gasteiger partial charge on any atom is -0.462 e. The molecular weight excluding hydrogens is 380 g/mol. The molecule has 0 saturated heterocycles. The molecule has 0 unspecified atom stereocenters. The number of benzene rings is 2. The van der Waals surface area contributed by atoms with E-state index >= 15 is 0 Å². The smallest absolute Gasteiger partial charge is 0.338 e. The first-order chi connectivity index (χ1) is 14.0. The maximum atomic E-state index is 13.3. The molecule has 0 fully saturated rings. The first-order valence-corrected chi connectivity index (χ1v) is 8.73. The van der Waals surface area contributed by atoms with Gasteiger partial charge in [0.25, 0.3) is 5.91 Å². The van der Waals surface area contributed by atoms with Gasteiger partial charge < -0.3 is 15.4 Å². The van der Waals surface area contributed by atoms with Crippen LogP contribution in [0.2, 0.25) is 0 Å². The maximum Gasteiger partial charge on any atom is 0.338 e. The summed E-state index contributed by atoms with van der Waals surface area (Å²) in [5.41, 5.74) is 1.78. The lowest BCUT2D eigenvalue weighted by Crippen LogP contribution is -2.14. The molecule has 1 amide bonds. The summed E-state index contributed by atoms with van der Waals surface area (Å²) in [4.78, 5) is 28.1. The van der Waals surface area contributed by atoms with Crippen molar-refractivity contribution in [2.75, 3.05) is 17.2 Å². The normalized spacial score (nSPS) is 10.3. The van der Waals surface area contributed by atoms with Crippen molar-refractivity contribution in [2.45, 2.75) is 6.92 Å². The van der Waals surface area contributed by atoms with Gasteiger partial charge in [-0.05, 0) is 55.5 Å². The fourth-order valence-corrected chi connectivity index (χ4v) is 2.47. The van der Waals surface area contributed by atoms with E-state index in [-0.39, 0.29) is 12.3 Å². The number of carbonyl (C=O) groups is 2. The van der Waals surface area contributed by atoms with Crippen molar-refractivity contribution in [2.24, 2.45) is 0 Å². The number of nitrogens with zero attached hydrogens (tertiary/aromatic N) is 1. The predicted octanol–water partition coefficient (Wildman–Crippen LogP) is 4.53. The summed E-state index contributed by atoms with van der Waals surface area (Å²) in [6.45, 7) is 1.99. The average Bonchev–Trinajstić information content (AvgIpc) is 2.72. The van der Waals surface area contributed by atoms with Gasteiger partial charge in [-0.15, -0.1) is 0 Å². The second-order valence-electron chi connectivity index (χ2n) is 5.94. The Morgan fingerprint density at radius 2 is 1.62 bits per heavy atom. The number of hydrogen-bond acceptors (Lipinski definition) is 5. The topological polar surface area (TPSA) is 80.3 Å². The van der Waals surface area contributed by atoms with E-state index in [2.05, 4.69) is 15.6 Å². The number of halogens is 2. The van der Waals surface area contributed by atoms with Crippen LogP contribution >= 0.6 is 0 Å². The van der Waals surface area contributed by atoms with Crippen LogP contribution in [0.25, 0.3) is 0 Å². The molecule has 0 radical (unpaired) electrons. The van der Waals surface area contributed by atoms with Crippen molar-refractivity contribution in [1.82, 2.24) is 4.98 Å². The van der Waals surface area contributed by atoms with Crippen LogP contribution in [0.5, 0.6) is 0 Å². The van der Waals surface area contributed by atoms with Crippen LogP contribution in [0.3, 0.4) is 0 Å². The van der Waals surface area contributed by atoms with E-state index < -0.39 is 23.5 Å². The lowest BCUT2D eigenvalue weighted by atomic mass is 10.2. The van der Waals surface area contributed by atoms with Gasteiger partial charge in [-0.3, -0.25) is 9.78 Å². The van der Waals surface area contributed by atoms with Gasteiger partial charge in [0.05, 0.1) is 12.2 Å². The molecule has 3 aromatic rings. The number of pyridine rings is 1. The van der Waals surface area contributed by atoms with Gasteiger partial charge in [-0.25, -0.2) is 13.6 Å². The van der Waals surface area contributed by atoms with Crippen LogP contribution in [0, 0.1) is 11.6 Å². The zero-order chi connectivity index (χ0) is 20.8. The quantitative estimate of drug-likeness (QED) is 0.598. The Hall–Kier alpha value is -3.81. The minimum atomic E-state index is -0.978. The fourth-order valence-electron chi connectivity index (χ4n) is 2.47. The average molecular weight is 397 g/mol. The standard InChI is InChI=1S/C21H17F2N3O3/c1-2-29-21(28)13-3-5-14(6-4-13)26-20(27)19-12-16(9-10-24-19)25-15-7-8-17(22)18(23)11-15/h3-12H,2H2,1H3,(H,24,25)(H,26,27). The molecule has 0 aliphatic carbocycles. The largest absolute Gasteiger partial charge is 0.462 e. The highest BCUT2D eigenvalue weighted by atomic mass is 19.2. The third kappa shape index (κ3) is 5.13. The molecule has 2 N–H and O–H groups in total. The van der Waals surface area contributed by atoms with Crippen molar-refractivity contribution >= 4 is 28.9 Å². The summed E-state index contributed by atoms with van der Waals surface area (Å²) in [6.07, 6.45) is 1.42. The molecule has 8 heteroatoms. The highest BCUT2D eigenvalue weighted by Gasteiger charge is 2.11. The molecule has 1 heterocycles. The minimum absolute atomic E-state index is 0.118. The van der Waals surface area contributed by atoms with Crippen molar-refractivity contribution in [3.8, 4) is 0 Å². The van der Waals surface area contributed by atoms with Gasteiger partial charge in [0.1, 0.15) is 5.69 Å². The molecule has 3 rings (SSSR count). The van der Waals surface area contributed by atoms with E-state index in [0.29, 0.717) is 22.6 Å². The first-order valence-electron chi connectivity index (χ1n) is 8.73. The van der Waals surface area contributed by atoms with E-state index in [1.54, 1.807) is 37.3 Å². The molecule has 0 atom stereocenters. The second-order valence-corrected chi connectivity index (χ2v) is 5.94. The number of carbonyl (C=O) groups excluding carboxylic acids is 2. The fraction of sp³-hybridized carbons (Fsp3) is 0.0952. The number of esters is 1. The van der Waals surface area contributed by atoms with E-state index in [1.165, 1.54) is 18.3 Å². The second kappa shape index (κ2) is 8.92. The summed E-state index contributed by atoms with van der Waals surface area (Å²) in [6, 6.07) is 12.7. The Morgan fingerprint density at radius 1 is 0.931 bits per heavy atom. The van der Waals surface area contributed by atoms with Crippen LogP contribution in [0.15, 0.2) is 60.8 Å². The Morgan fingerprint density at radius 3 is 2.31 bits per heavy atom. The molecule has 1 aromatic heterocycles. The van der Waals surface area contributed by atoms with Crippen LogP contribution in [0.1, 0.15) is 27.8 Å². The lowest BCUT2D eigenvalue weighted by Gasteiger charge is -2.09. The molecule has 0 saturated carbocycles. The zero-order valence-electron chi connectivity index (χ0n) is 15.4. The highest BCUT2D eigenvalue weighted by Crippen LogP contribution is 2.20. The van der Waals surface area contributed by atoms with Crippen molar-refractivity contribution in [3.05, 3.63) is 83.7 Å². The van der Waals surface area contributed by atoms with Crippen molar-refractivity contribution in [1.29, 1.82) is 0 Å². The van der Waals surface area contributed by atoms with Gasteiger partial charge in [0.2, 0.25) is 0 Å². The summed E-state index contributed by atoms with van der Waals surface area (Å²) in [5, 5.41) is 5.56. The zero-order valence-corrected chi connectivity index (χ0v) is 15.4. The van der Waals surface area contributed by atoms with Crippen molar-refractivity contribution in [3.63, 3.8) is 0 Å². The third-order valence-electron chi connectivity index (χ3n) is 3.85. The number of amides is 1. The maximum absolute atomic E-state index is 13.3. The number of hydrogen-bond donors (Lipinski definition) is 2. The number of rotatable bonds is 6. The van der Waals surface area contributed by atoms with Gasteiger partial charge in [-0.1, -0.05) is 0 Å². The van der Waals surface area contributed by atoms with Crippen LogP contribution < -0.4 is 10.6 Å². The van der Waals surface area contributed by atoms with Gasteiger partial charge in [-0.2, -0.15) is 0 Å². The van der Waals surface area contributed by atoms with Crippen molar-refractivity contribution < 1.29 is 23.1 Å². The van der Waals surface area contributed by atoms with Gasteiger partial charge in [0, 0.05) is 29.3 Å². The van der Waals surface area contributed by atoms with Crippen LogP contribution in [0.4, 0.5) is 25.8 Å². The van der Waals surface area contributed by atoms with E-state index in [0.717, 1.165) is 12.1 Å². The molecule has 0 aliphatic heterocycles. The summed E-state index contributed by atoms with van der Waals surface area (Å²) in [7, 11) is 0. The molecule has 0 aliphatic rings. The summed E-state index contributed by atoms with van der Waals surface area (Å²) >= 11 is 0. The SMILES string of the molecule is CCOC(=O)c1ccc(NC(=O)c2cc(Nc3ccc(F)c(F)c3)ccn2)cc1. The molecular formula is C21H17F2N3O3. The molecule has 2 aromatic carbocycles. The molecule has 0 spiro atoms. The molecule has 29 heavy (non-hydrogen) atoms. The first kappa shape index (κ1) is 19.9. The highest BCUT2D eigenvalue weighted by molar-refractivity contribution is 6.03. The number of ether oxygens (including phenoxy) is 1. The van der Waals surface area contributed by atoms with Gasteiger partial charge >= 0.3 is 5.97 Å². The van der Waals surface area contributed by atoms with E-state index in [1.807, 2.05) is 0 Å². The van der Waals surface area contributed by atoms with E-state index in [4.69, 9.17) is 4.74 Å². The van der Waals surface area contributed by atoms with Gasteiger partial charge in [0.15, 0.2) is 11.6 Å². The Labute approximate surface area is 165 Å².